The predicted octanol–water partition coefficient (Wildman–Crippen LogP) is 15.8. The highest BCUT2D eigenvalue weighted by molar-refractivity contribution is 6.65. The standard InChI is InChI=1S/C21H17ClFN5.C21H19FN6.C16H20BFN2O2.C11H9Cl2N3.H3N.H2O/c1-12-2-6-15(7-3-12)24-21-25-16(11-18(22)26-21)19-17-10-14(23)8-9-28(17)27-20(19)13-4-5-13;1-12-2-6-15(7-3-12)24-21-25-16(11-18(23)26-21)19-17-10-14(22)8-9-28(17)27-20(19)13-4-5-13;1-15(2)16(3,4)22-17(21-15)13-12-9-11(18)7-8-20(12)19-14(13)10-5-6-10;1-7-2-4-8(5-3-7)14-11-15-9(12)6-10(13)16-11;;/h2-3,6-11,13H,4-5H2,1H3,(H,24,25,26);2-3,6-11,13H,4-5H2,1H3,(H3,23,24,25,26);7-10H,5-6H2,1-4H3;2-6H,1H3,(H,14,15,16);1H3;1H2. The molecule has 4 fully saturated rings. The quantitative estimate of drug-likeness (QED) is 0.0562. The molecule has 20 nitrogen and oxygen atoms in total. The number of halogens is 6. The Morgan fingerprint density at radius 2 is 0.792 bits per heavy atom. The molecule has 4 aliphatic rings. The van der Waals surface area contributed by atoms with Crippen molar-refractivity contribution < 1.29 is 28.0 Å². The van der Waals surface area contributed by atoms with E-state index in [-0.39, 0.29) is 29.1 Å². The number of pyridine rings is 3. The van der Waals surface area contributed by atoms with E-state index < -0.39 is 18.3 Å². The van der Waals surface area contributed by atoms with Crippen molar-refractivity contribution in [3.63, 3.8) is 0 Å². The van der Waals surface area contributed by atoms with E-state index in [1.165, 1.54) is 59.2 Å². The van der Waals surface area contributed by atoms with Crippen LogP contribution in [-0.4, -0.2) is 82.5 Å². The Morgan fingerprint density at radius 1 is 0.458 bits per heavy atom. The Morgan fingerprint density at radius 3 is 1.20 bits per heavy atom. The van der Waals surface area contributed by atoms with E-state index >= 15 is 0 Å². The van der Waals surface area contributed by atoms with Crippen LogP contribution in [-0.2, 0) is 9.31 Å². The Kier molecular flexibility index (Phi) is 19.7. The first kappa shape index (κ1) is 68.1. The smallest absolute Gasteiger partial charge is 0.412 e. The number of fused-ring (bicyclic) bond motifs is 3. The zero-order chi connectivity index (χ0) is 65.7. The molecule has 1 aliphatic heterocycles. The monoisotopic (exact) mass is 1360 g/mol. The van der Waals surface area contributed by atoms with Crippen LogP contribution < -0.4 is 33.3 Å². The first-order valence-electron chi connectivity index (χ1n) is 30.9. The number of nitrogens with two attached hydrogens (primary N) is 1. The maximum absolute atomic E-state index is 13.9. The molecule has 10 N–H and O–H groups in total. The van der Waals surface area contributed by atoms with Crippen LogP contribution >= 0.6 is 34.8 Å². The maximum Gasteiger partial charge on any atom is 0.499 e. The average Bonchev–Trinajstić information content (AvgIpc) is 1.60. The lowest BCUT2D eigenvalue weighted by Gasteiger charge is -2.32. The zero-order valence-corrected chi connectivity index (χ0v) is 55.9. The molecule has 0 unspecified atom stereocenters. The Labute approximate surface area is 567 Å². The van der Waals surface area contributed by atoms with Gasteiger partial charge in [0.05, 0.1) is 56.2 Å². The molecule has 0 atom stereocenters. The lowest BCUT2D eigenvalue weighted by Crippen LogP contribution is -2.41. The van der Waals surface area contributed by atoms with Crippen molar-refractivity contribution in [2.24, 2.45) is 0 Å². The third-order valence-electron chi connectivity index (χ3n) is 16.8. The van der Waals surface area contributed by atoms with Crippen LogP contribution in [0.2, 0.25) is 15.5 Å². The number of aryl methyl sites for hydroxylation is 3. The van der Waals surface area contributed by atoms with E-state index in [0.717, 1.165) is 94.8 Å². The molecule has 494 valence electrons. The van der Waals surface area contributed by atoms with Crippen molar-refractivity contribution in [1.29, 1.82) is 0 Å². The Bertz CT molecular complexity index is 4570. The van der Waals surface area contributed by atoms with Gasteiger partial charge >= 0.3 is 7.12 Å². The minimum atomic E-state index is -0.500. The van der Waals surface area contributed by atoms with E-state index in [1.54, 1.807) is 44.3 Å². The van der Waals surface area contributed by atoms with Crippen LogP contribution in [0.4, 0.5) is 53.9 Å². The number of benzene rings is 3. The summed E-state index contributed by atoms with van der Waals surface area (Å²) in [6.07, 6.45) is 11.5. The predicted molar refractivity (Wildman–Crippen MR) is 373 cm³/mol. The molecule has 96 heavy (non-hydrogen) atoms. The van der Waals surface area contributed by atoms with Crippen LogP contribution in [0.25, 0.3) is 39.1 Å². The molecule has 10 heterocycles. The molecule has 16 rings (SSSR count). The van der Waals surface area contributed by atoms with Gasteiger partial charge in [-0.15, -0.1) is 0 Å². The van der Waals surface area contributed by atoms with E-state index in [1.807, 2.05) is 121 Å². The number of hydrogen-bond acceptors (Lipinski definition) is 16. The fourth-order valence-electron chi connectivity index (χ4n) is 10.8. The van der Waals surface area contributed by atoms with Gasteiger partial charge in [0.2, 0.25) is 17.8 Å². The minimum absolute atomic E-state index is 0. The highest BCUT2D eigenvalue weighted by Crippen LogP contribution is 2.47. The summed E-state index contributed by atoms with van der Waals surface area (Å²) in [6, 6.07) is 37.3. The molecule has 27 heteroatoms. The third-order valence-corrected chi connectivity index (χ3v) is 17.4. The molecule has 0 amide bonds. The van der Waals surface area contributed by atoms with Gasteiger partial charge in [-0.05, 0) is 148 Å². The molecule has 9 aromatic heterocycles. The van der Waals surface area contributed by atoms with Crippen LogP contribution in [0.15, 0.2) is 146 Å². The molecule has 0 radical (unpaired) electrons. The largest absolute Gasteiger partial charge is 0.499 e. The van der Waals surface area contributed by atoms with Crippen molar-refractivity contribution in [1.82, 2.24) is 64.9 Å². The molecule has 3 saturated carbocycles. The first-order valence-corrected chi connectivity index (χ1v) is 32.0. The SMILES string of the molecule is CC1(C)OB(c2c(C3CC3)nn3ccc(F)cc23)OC1(C)C.Cc1ccc(Nc2nc(Cl)cc(-c3c(C4CC4)nn4ccc(F)cc34)n2)cc1.Cc1ccc(Nc2nc(Cl)cc(Cl)n2)cc1.Cc1ccc(Nc2nc(N)cc(-c3c(C4CC4)nn4ccc(F)cc34)n2)cc1.N.O. The summed E-state index contributed by atoms with van der Waals surface area (Å²) < 4.78 is 59.1. The summed E-state index contributed by atoms with van der Waals surface area (Å²) in [5.74, 6) is 1.83. The van der Waals surface area contributed by atoms with Gasteiger partial charge in [0.25, 0.3) is 0 Å². The van der Waals surface area contributed by atoms with Crippen molar-refractivity contribution >= 4 is 105 Å². The van der Waals surface area contributed by atoms with Crippen LogP contribution in [0.3, 0.4) is 0 Å². The first-order chi connectivity index (χ1) is 45.0. The molecule has 0 bridgehead atoms. The molecule has 0 spiro atoms. The highest BCUT2D eigenvalue weighted by atomic mass is 35.5. The topological polar surface area (TPSA) is 276 Å². The molecular weight excluding hydrogens is 1290 g/mol. The van der Waals surface area contributed by atoms with Crippen LogP contribution in [0.5, 0.6) is 0 Å². The van der Waals surface area contributed by atoms with Gasteiger partial charge in [0, 0.05) is 100 Å². The molecule has 3 aliphatic carbocycles. The number of anilines is 7. The fourth-order valence-corrected chi connectivity index (χ4v) is 11.4. The number of nitrogen functional groups attached to an aromatic ring is 1. The summed E-state index contributed by atoms with van der Waals surface area (Å²) >= 11 is 17.8. The lowest BCUT2D eigenvalue weighted by molar-refractivity contribution is 0.00578. The minimum Gasteiger partial charge on any atom is -0.412 e. The lowest BCUT2D eigenvalue weighted by atomic mass is 9.76. The average molecular weight is 1360 g/mol. The fraction of sp³-hybridized carbons (Fsp3) is 0.261. The normalized spacial score (nSPS) is 15.1. The van der Waals surface area contributed by atoms with Gasteiger partial charge in [-0.1, -0.05) is 87.9 Å². The number of nitrogens with zero attached hydrogens (tertiary/aromatic N) is 12. The summed E-state index contributed by atoms with van der Waals surface area (Å²) in [7, 11) is -0.500. The second kappa shape index (κ2) is 27.8. The second-order valence-corrected chi connectivity index (χ2v) is 26.1. The van der Waals surface area contributed by atoms with E-state index in [2.05, 4.69) is 61.2 Å². The van der Waals surface area contributed by atoms with Gasteiger partial charge in [0.15, 0.2) is 0 Å². The number of aromatic nitrogens is 12. The molecular formula is C69H70BCl3F3N17O3. The van der Waals surface area contributed by atoms with E-state index in [0.29, 0.717) is 79.3 Å². The molecule has 3 aromatic carbocycles. The van der Waals surface area contributed by atoms with E-state index in [9.17, 15) is 13.2 Å². The van der Waals surface area contributed by atoms with Crippen LogP contribution in [0.1, 0.15) is 118 Å². The molecule has 12 aromatic rings. The highest BCUT2D eigenvalue weighted by Gasteiger charge is 2.54. The van der Waals surface area contributed by atoms with Gasteiger partial charge in [-0.2, -0.15) is 20.3 Å². The summed E-state index contributed by atoms with van der Waals surface area (Å²) in [5.41, 5.74) is 20.2. The van der Waals surface area contributed by atoms with Gasteiger partial charge < -0.3 is 42.6 Å². The van der Waals surface area contributed by atoms with Gasteiger partial charge in [-0.3, -0.25) is 0 Å². The summed E-state index contributed by atoms with van der Waals surface area (Å²) in [6.45, 7) is 14.2. The molecule has 1 saturated heterocycles. The van der Waals surface area contributed by atoms with Crippen molar-refractivity contribution in [2.45, 2.75) is 116 Å². The Balaban J connectivity index is 0.000000132. The van der Waals surface area contributed by atoms with Crippen molar-refractivity contribution in [3.05, 3.63) is 213 Å². The van der Waals surface area contributed by atoms with Crippen LogP contribution in [0, 0.1) is 38.2 Å². The van der Waals surface area contributed by atoms with Crippen molar-refractivity contribution in [2.75, 3.05) is 21.7 Å². The summed E-state index contributed by atoms with van der Waals surface area (Å²) in [5, 5.41) is 24.3. The third kappa shape index (κ3) is 15.5. The zero-order valence-electron chi connectivity index (χ0n) is 53.6. The number of nitrogens with one attached hydrogen (secondary N) is 3. The summed E-state index contributed by atoms with van der Waals surface area (Å²) in [4.78, 5) is 25.9. The number of rotatable bonds is 12. The van der Waals surface area contributed by atoms with Gasteiger partial charge in [-0.25, -0.2) is 51.6 Å². The van der Waals surface area contributed by atoms with Crippen molar-refractivity contribution in [3.8, 4) is 22.5 Å². The second-order valence-electron chi connectivity index (χ2n) is 25.0. The Hall–Kier alpha value is -9.27. The number of hydrogen-bond donors (Lipinski definition) is 5. The maximum atomic E-state index is 13.9. The van der Waals surface area contributed by atoms with Gasteiger partial charge in [0.1, 0.15) is 38.7 Å². The van der Waals surface area contributed by atoms with E-state index in [4.69, 9.17) is 49.8 Å².